The zero-order chi connectivity index (χ0) is 12.0. The summed E-state index contributed by atoms with van der Waals surface area (Å²) in [6, 6.07) is 9.57. The zero-order valence-electron chi connectivity index (χ0n) is 10.6. The predicted octanol–water partition coefficient (Wildman–Crippen LogP) is 4.48. The number of carbonyl (C=O) groups excluding carboxylic acids is 1. The van der Waals surface area contributed by atoms with Crippen LogP contribution >= 0.6 is 0 Å². The summed E-state index contributed by atoms with van der Waals surface area (Å²) in [6.45, 7) is 6.74. The molecule has 0 radical (unpaired) electrons. The lowest BCUT2D eigenvalue weighted by Gasteiger charge is -2.21. The zero-order valence-corrected chi connectivity index (χ0v) is 10.6. The molecule has 0 aliphatic rings. The Kier molecular flexibility index (Phi) is 4.72. The van der Waals surface area contributed by atoms with Gasteiger partial charge in [0.05, 0.1) is 0 Å². The molecule has 1 aromatic rings. The molecule has 0 amide bonds. The first-order valence-electron chi connectivity index (χ1n) is 6.13. The Morgan fingerprint density at radius 2 is 1.81 bits per heavy atom. The molecule has 16 heavy (non-hydrogen) atoms. The molecule has 0 aliphatic carbocycles. The topological polar surface area (TPSA) is 17.1 Å². The summed E-state index contributed by atoms with van der Waals surface area (Å²) in [4.78, 5) is 11.8. The fourth-order valence-electron chi connectivity index (χ4n) is 1.67. The van der Waals surface area contributed by atoms with Gasteiger partial charge in [-0.15, -0.1) is 0 Å². The monoisotopic (exact) mass is 218 g/mol. The average molecular weight is 218 g/mol. The van der Waals surface area contributed by atoms with Crippen molar-refractivity contribution in [3.8, 4) is 0 Å². The molecule has 0 heterocycles. The highest BCUT2D eigenvalue weighted by Crippen LogP contribution is 2.27. The normalized spacial score (nSPS) is 11.4. The van der Waals surface area contributed by atoms with Crippen molar-refractivity contribution >= 4 is 5.78 Å². The highest BCUT2D eigenvalue weighted by molar-refractivity contribution is 5.95. The van der Waals surface area contributed by atoms with E-state index in [0.717, 1.165) is 18.4 Å². The second-order valence-electron chi connectivity index (χ2n) is 5.16. The molecule has 1 rings (SSSR count). The van der Waals surface area contributed by atoms with E-state index in [2.05, 4.69) is 20.8 Å². The number of hydrogen-bond acceptors (Lipinski definition) is 1. The summed E-state index contributed by atoms with van der Waals surface area (Å²) in [5, 5.41) is 0. The Morgan fingerprint density at radius 3 is 2.38 bits per heavy atom. The van der Waals surface area contributed by atoms with Crippen LogP contribution in [0, 0.1) is 5.41 Å². The standard InChI is InChI=1S/C15H22O/c1-4-15(2,3)12-8-11-14(16)13-9-6-5-7-10-13/h5-7,9-10H,4,8,11-12H2,1-3H3. The first kappa shape index (κ1) is 13.0. The van der Waals surface area contributed by atoms with Crippen LogP contribution in [-0.4, -0.2) is 5.78 Å². The average Bonchev–Trinajstić information content (AvgIpc) is 2.30. The second-order valence-corrected chi connectivity index (χ2v) is 5.16. The molecule has 0 saturated heterocycles. The lowest BCUT2D eigenvalue weighted by molar-refractivity contribution is 0.0975. The minimum absolute atomic E-state index is 0.271. The molecule has 0 fully saturated rings. The largest absolute Gasteiger partial charge is 0.294 e. The Balaban J connectivity index is 2.37. The van der Waals surface area contributed by atoms with Gasteiger partial charge in [0.25, 0.3) is 0 Å². The molecular formula is C15H22O. The SMILES string of the molecule is CCC(C)(C)CCCC(=O)c1ccccc1. The van der Waals surface area contributed by atoms with Crippen LogP contribution in [0.2, 0.25) is 0 Å². The van der Waals surface area contributed by atoms with E-state index in [1.165, 1.54) is 6.42 Å². The minimum atomic E-state index is 0.271. The quantitative estimate of drug-likeness (QED) is 0.643. The molecule has 0 aromatic heterocycles. The van der Waals surface area contributed by atoms with E-state index in [0.29, 0.717) is 11.8 Å². The number of rotatable bonds is 6. The summed E-state index contributed by atoms with van der Waals surface area (Å²) in [5.41, 5.74) is 1.22. The fraction of sp³-hybridized carbons (Fsp3) is 0.533. The van der Waals surface area contributed by atoms with E-state index in [1.807, 2.05) is 30.3 Å². The van der Waals surface area contributed by atoms with Crippen molar-refractivity contribution in [1.82, 2.24) is 0 Å². The van der Waals surface area contributed by atoms with Gasteiger partial charge < -0.3 is 0 Å². The maximum atomic E-state index is 11.8. The third-order valence-corrected chi connectivity index (χ3v) is 3.31. The maximum Gasteiger partial charge on any atom is 0.162 e. The Morgan fingerprint density at radius 1 is 1.19 bits per heavy atom. The van der Waals surface area contributed by atoms with Gasteiger partial charge in [-0.05, 0) is 18.3 Å². The first-order valence-corrected chi connectivity index (χ1v) is 6.13. The van der Waals surface area contributed by atoms with Crippen molar-refractivity contribution in [1.29, 1.82) is 0 Å². The number of benzene rings is 1. The number of Topliss-reactive ketones (excluding diaryl/α,β-unsaturated/α-hetero) is 1. The molecule has 1 aromatic carbocycles. The number of hydrogen-bond donors (Lipinski definition) is 0. The molecule has 0 bridgehead atoms. The van der Waals surface area contributed by atoms with Gasteiger partial charge >= 0.3 is 0 Å². The highest BCUT2D eigenvalue weighted by Gasteiger charge is 2.15. The Bertz CT molecular complexity index is 325. The van der Waals surface area contributed by atoms with Gasteiger partial charge in [-0.1, -0.05) is 57.5 Å². The van der Waals surface area contributed by atoms with Crippen LogP contribution < -0.4 is 0 Å². The summed E-state index contributed by atoms with van der Waals surface area (Å²) in [6.07, 6.45) is 3.97. The molecule has 1 heteroatoms. The van der Waals surface area contributed by atoms with Crippen molar-refractivity contribution in [3.05, 3.63) is 35.9 Å². The molecule has 0 saturated carbocycles. The molecule has 0 atom stereocenters. The molecular weight excluding hydrogens is 196 g/mol. The van der Waals surface area contributed by atoms with Crippen molar-refractivity contribution in [2.24, 2.45) is 5.41 Å². The lowest BCUT2D eigenvalue weighted by Crippen LogP contribution is -2.10. The van der Waals surface area contributed by atoms with Crippen molar-refractivity contribution in [2.75, 3.05) is 0 Å². The van der Waals surface area contributed by atoms with E-state index < -0.39 is 0 Å². The summed E-state index contributed by atoms with van der Waals surface area (Å²) in [5.74, 6) is 0.271. The van der Waals surface area contributed by atoms with Crippen LogP contribution in [0.5, 0.6) is 0 Å². The van der Waals surface area contributed by atoms with Crippen LogP contribution in [0.3, 0.4) is 0 Å². The number of ketones is 1. The number of carbonyl (C=O) groups is 1. The molecule has 0 spiro atoms. The van der Waals surface area contributed by atoms with Crippen LogP contribution in [0.15, 0.2) is 30.3 Å². The van der Waals surface area contributed by atoms with E-state index in [-0.39, 0.29) is 5.78 Å². The molecule has 0 aliphatic heterocycles. The molecule has 88 valence electrons. The van der Waals surface area contributed by atoms with Gasteiger partial charge in [0.2, 0.25) is 0 Å². The van der Waals surface area contributed by atoms with Crippen LogP contribution in [-0.2, 0) is 0 Å². The van der Waals surface area contributed by atoms with E-state index >= 15 is 0 Å². The van der Waals surface area contributed by atoms with Crippen LogP contribution in [0.25, 0.3) is 0 Å². The van der Waals surface area contributed by atoms with Crippen molar-refractivity contribution < 1.29 is 4.79 Å². The fourth-order valence-corrected chi connectivity index (χ4v) is 1.67. The predicted molar refractivity (Wildman–Crippen MR) is 68.7 cm³/mol. The van der Waals surface area contributed by atoms with E-state index in [4.69, 9.17) is 0 Å². The lowest BCUT2D eigenvalue weighted by atomic mass is 9.84. The van der Waals surface area contributed by atoms with Gasteiger partial charge in [0.15, 0.2) is 5.78 Å². The van der Waals surface area contributed by atoms with Crippen LogP contribution in [0.4, 0.5) is 0 Å². The summed E-state index contributed by atoms with van der Waals surface area (Å²) in [7, 11) is 0. The smallest absolute Gasteiger partial charge is 0.162 e. The molecule has 0 unspecified atom stereocenters. The minimum Gasteiger partial charge on any atom is -0.294 e. The summed E-state index contributed by atoms with van der Waals surface area (Å²) >= 11 is 0. The van der Waals surface area contributed by atoms with Gasteiger partial charge in [-0.2, -0.15) is 0 Å². The van der Waals surface area contributed by atoms with E-state index in [9.17, 15) is 4.79 Å². The summed E-state index contributed by atoms with van der Waals surface area (Å²) < 4.78 is 0. The van der Waals surface area contributed by atoms with Crippen molar-refractivity contribution in [2.45, 2.75) is 46.5 Å². The van der Waals surface area contributed by atoms with Crippen LogP contribution in [0.1, 0.15) is 56.8 Å². The molecule has 0 N–H and O–H groups in total. The van der Waals surface area contributed by atoms with Crippen molar-refractivity contribution in [3.63, 3.8) is 0 Å². The van der Waals surface area contributed by atoms with E-state index in [1.54, 1.807) is 0 Å². The molecule has 1 nitrogen and oxygen atoms in total. The van der Waals surface area contributed by atoms with Gasteiger partial charge in [-0.25, -0.2) is 0 Å². The van der Waals surface area contributed by atoms with Gasteiger partial charge in [0, 0.05) is 12.0 Å². The Hall–Kier alpha value is -1.11. The third kappa shape index (κ3) is 4.18. The van der Waals surface area contributed by atoms with Gasteiger partial charge in [-0.3, -0.25) is 4.79 Å². The maximum absolute atomic E-state index is 11.8. The third-order valence-electron chi connectivity index (χ3n) is 3.31. The Labute approximate surface area is 98.9 Å². The van der Waals surface area contributed by atoms with Gasteiger partial charge in [0.1, 0.15) is 0 Å². The first-order chi connectivity index (χ1) is 7.55. The second kappa shape index (κ2) is 5.83. The highest BCUT2D eigenvalue weighted by atomic mass is 16.1.